The van der Waals surface area contributed by atoms with E-state index in [1.165, 1.54) is 14.1 Å². The average Bonchev–Trinajstić information content (AvgIpc) is 2.82. The topological polar surface area (TPSA) is 44.0 Å². The van der Waals surface area contributed by atoms with Gasteiger partial charge in [-0.25, -0.2) is 13.3 Å². The van der Waals surface area contributed by atoms with E-state index in [4.69, 9.17) is 11.6 Å². The van der Waals surface area contributed by atoms with Crippen LogP contribution in [0.4, 0.5) is 0 Å². The lowest BCUT2D eigenvalue weighted by molar-refractivity contribution is 0.590. The number of nitrogens with zero attached hydrogens (tertiary/aromatic N) is 2. The molecule has 6 heteroatoms. The molecule has 1 heterocycles. The van der Waals surface area contributed by atoms with Crippen molar-refractivity contribution < 1.29 is 0 Å². The first-order valence-electron chi connectivity index (χ1n) is 7.94. The van der Waals surface area contributed by atoms with Gasteiger partial charge in [0.2, 0.25) is 0 Å². The Morgan fingerprint density at radius 1 is 1.04 bits per heavy atom. The number of rotatable bonds is 3. The van der Waals surface area contributed by atoms with E-state index in [-0.39, 0.29) is 22.5 Å². The van der Waals surface area contributed by atoms with Crippen molar-refractivity contribution in [2.24, 2.45) is 0 Å². The summed E-state index contributed by atoms with van der Waals surface area (Å²) in [7, 11) is 0. The van der Waals surface area contributed by atoms with Crippen molar-refractivity contribution in [3.05, 3.63) is 84.8 Å². The molecule has 0 atom stereocenters. The number of benzene rings is 2. The van der Waals surface area contributed by atoms with Gasteiger partial charge in [-0.15, -0.1) is 0 Å². The van der Waals surface area contributed by atoms with Crippen LogP contribution in [0.15, 0.2) is 58.1 Å². The van der Waals surface area contributed by atoms with Gasteiger partial charge in [0.1, 0.15) is 0 Å². The monoisotopic (exact) mass is 374 g/mol. The van der Waals surface area contributed by atoms with Crippen molar-refractivity contribution in [2.75, 3.05) is 0 Å². The van der Waals surface area contributed by atoms with E-state index in [9.17, 15) is 9.59 Å². The molecule has 1 aromatic heterocycles. The predicted molar refractivity (Wildman–Crippen MR) is 103 cm³/mol. The summed E-state index contributed by atoms with van der Waals surface area (Å²) in [5.74, 6) is 0. The van der Waals surface area contributed by atoms with Crippen LogP contribution in [-0.2, 0) is 12.0 Å². The maximum absolute atomic E-state index is 12.7. The normalized spacial score (nSPS) is 11.7. The highest BCUT2D eigenvalue weighted by molar-refractivity contribution is 7.03. The first kappa shape index (κ1) is 17.7. The second-order valence-electron chi connectivity index (χ2n) is 6.95. The predicted octanol–water partition coefficient (Wildman–Crippen LogP) is 4.06. The first-order chi connectivity index (χ1) is 11.8. The van der Waals surface area contributed by atoms with Gasteiger partial charge >= 0.3 is 10.6 Å². The summed E-state index contributed by atoms with van der Waals surface area (Å²) in [6.07, 6.45) is 0. The Morgan fingerprint density at radius 2 is 1.72 bits per heavy atom. The zero-order valence-corrected chi connectivity index (χ0v) is 15.9. The second-order valence-corrected chi connectivity index (χ2v) is 8.28. The Bertz CT molecular complexity index is 1010. The molecule has 4 nitrogen and oxygen atoms in total. The van der Waals surface area contributed by atoms with Gasteiger partial charge in [-0.3, -0.25) is 4.79 Å². The highest BCUT2D eigenvalue weighted by atomic mass is 35.5. The van der Waals surface area contributed by atoms with Crippen LogP contribution >= 0.6 is 23.1 Å². The highest BCUT2D eigenvalue weighted by Gasteiger charge is 2.15. The molecule has 0 aliphatic rings. The molecule has 3 aromatic rings. The third-order valence-electron chi connectivity index (χ3n) is 3.99. The van der Waals surface area contributed by atoms with Gasteiger partial charge in [0, 0.05) is 16.6 Å². The number of halogens is 1. The van der Waals surface area contributed by atoms with Crippen LogP contribution in [0.5, 0.6) is 0 Å². The van der Waals surface area contributed by atoms with Crippen LogP contribution in [0, 0.1) is 0 Å². The first-order valence-corrected chi connectivity index (χ1v) is 9.09. The molecule has 0 fully saturated rings. The van der Waals surface area contributed by atoms with Crippen molar-refractivity contribution in [1.29, 1.82) is 0 Å². The lowest BCUT2D eigenvalue weighted by Gasteiger charge is -2.18. The molecule has 0 amide bonds. The fraction of sp³-hybridized carbons (Fsp3) is 0.263. The average molecular weight is 375 g/mol. The highest BCUT2D eigenvalue weighted by Crippen LogP contribution is 2.23. The third-order valence-corrected chi connectivity index (χ3v) is 5.15. The zero-order valence-electron chi connectivity index (χ0n) is 14.3. The molecular formula is C19H19ClN2O2S. The van der Waals surface area contributed by atoms with E-state index >= 15 is 0 Å². The molecule has 0 aliphatic carbocycles. The summed E-state index contributed by atoms with van der Waals surface area (Å²) >= 11 is 6.88. The minimum Gasteiger partial charge on any atom is -0.255 e. The summed E-state index contributed by atoms with van der Waals surface area (Å²) in [6.45, 7) is 6.61. The molecule has 2 aromatic carbocycles. The summed E-state index contributed by atoms with van der Waals surface area (Å²) in [5, 5.41) is 0.582. The van der Waals surface area contributed by atoms with Gasteiger partial charge in [-0.2, -0.15) is 0 Å². The van der Waals surface area contributed by atoms with Gasteiger partial charge in [-0.1, -0.05) is 56.6 Å². The van der Waals surface area contributed by atoms with E-state index in [1.54, 1.807) is 18.2 Å². The number of aromatic nitrogens is 2. The smallest absolute Gasteiger partial charge is 0.255 e. The Hall–Kier alpha value is -2.11. The summed E-state index contributed by atoms with van der Waals surface area (Å²) in [6, 6.07) is 14.9. The lowest BCUT2D eigenvalue weighted by atomic mass is 9.87. The van der Waals surface area contributed by atoms with Crippen molar-refractivity contribution in [1.82, 2.24) is 8.52 Å². The molecule has 0 saturated carbocycles. The van der Waals surface area contributed by atoms with Crippen molar-refractivity contribution in [2.45, 2.75) is 32.7 Å². The van der Waals surface area contributed by atoms with E-state index in [2.05, 4.69) is 20.8 Å². The lowest BCUT2D eigenvalue weighted by Crippen LogP contribution is -2.28. The molecular weight excluding hydrogens is 356 g/mol. The zero-order chi connectivity index (χ0) is 18.2. The van der Waals surface area contributed by atoms with Crippen molar-refractivity contribution >= 4 is 23.1 Å². The molecule has 130 valence electrons. The van der Waals surface area contributed by atoms with E-state index in [0.717, 1.165) is 17.1 Å². The Morgan fingerprint density at radius 3 is 2.32 bits per heavy atom. The van der Waals surface area contributed by atoms with Crippen LogP contribution in [-0.4, -0.2) is 8.52 Å². The van der Waals surface area contributed by atoms with E-state index < -0.39 is 0 Å². The SMILES string of the molecule is CC(C)(C)c1ccc(-n2sc(=O)n(Cc3cccc(Cl)c3)c2=O)cc1. The minimum absolute atomic E-state index is 0.0368. The molecule has 0 N–H and O–H groups in total. The molecule has 0 spiro atoms. The molecule has 0 saturated heterocycles. The van der Waals surface area contributed by atoms with Crippen LogP contribution < -0.4 is 10.6 Å². The fourth-order valence-corrected chi connectivity index (χ4v) is 3.58. The maximum Gasteiger partial charge on any atom is 0.346 e. The van der Waals surface area contributed by atoms with Gasteiger partial charge < -0.3 is 0 Å². The van der Waals surface area contributed by atoms with Crippen LogP contribution in [0.2, 0.25) is 5.02 Å². The second kappa shape index (κ2) is 6.65. The maximum atomic E-state index is 12.7. The molecule has 0 radical (unpaired) electrons. The van der Waals surface area contributed by atoms with Gasteiger partial charge in [0.15, 0.2) is 0 Å². The number of hydrogen-bond acceptors (Lipinski definition) is 3. The molecule has 3 rings (SSSR count). The molecule has 25 heavy (non-hydrogen) atoms. The molecule has 0 unspecified atom stereocenters. The summed E-state index contributed by atoms with van der Waals surface area (Å²) in [4.78, 5) is 24.7. The van der Waals surface area contributed by atoms with Crippen molar-refractivity contribution in [3.8, 4) is 5.69 Å². The Labute approximate surface area is 155 Å². The fourth-order valence-electron chi connectivity index (χ4n) is 2.56. The van der Waals surface area contributed by atoms with Gasteiger partial charge in [0.05, 0.1) is 12.2 Å². The molecule has 0 aliphatic heterocycles. The Kier molecular flexibility index (Phi) is 4.71. The van der Waals surface area contributed by atoms with E-state index in [0.29, 0.717) is 10.7 Å². The van der Waals surface area contributed by atoms with Crippen LogP contribution in [0.25, 0.3) is 5.69 Å². The van der Waals surface area contributed by atoms with Crippen molar-refractivity contribution in [3.63, 3.8) is 0 Å². The summed E-state index contributed by atoms with van der Waals surface area (Å²) in [5.41, 5.74) is 2.40. The van der Waals surface area contributed by atoms with Crippen LogP contribution in [0.3, 0.4) is 0 Å². The van der Waals surface area contributed by atoms with Gasteiger partial charge in [-0.05, 0) is 40.8 Å². The largest absolute Gasteiger partial charge is 0.346 e. The third kappa shape index (κ3) is 3.78. The standard InChI is InChI=1S/C19H19ClN2O2S/c1-19(2,3)14-7-9-16(10-8-14)22-17(23)21(18(24)25-22)12-13-5-4-6-15(20)11-13/h4-11H,12H2,1-3H3. The quantitative estimate of drug-likeness (QED) is 0.693. The minimum atomic E-state index is -0.335. The number of hydrogen-bond donors (Lipinski definition) is 0. The van der Waals surface area contributed by atoms with Crippen LogP contribution in [0.1, 0.15) is 31.9 Å². The van der Waals surface area contributed by atoms with E-state index in [1.807, 2.05) is 30.3 Å². The summed E-state index contributed by atoms with van der Waals surface area (Å²) < 4.78 is 2.66. The Balaban J connectivity index is 1.97. The van der Waals surface area contributed by atoms with Gasteiger partial charge in [0.25, 0.3) is 0 Å². The molecule has 0 bridgehead atoms.